The van der Waals surface area contributed by atoms with Gasteiger partial charge in [0.05, 0.1) is 16.4 Å². The Morgan fingerprint density at radius 3 is 2.50 bits per heavy atom. The fraction of sp³-hybridized carbons (Fsp3) is 0.500. The number of aryl methyl sites for hydroxylation is 1. The number of unbranched alkanes of at least 4 members (excludes halogenated alkanes) is 1. The Bertz CT molecular complexity index is 575. The molecule has 0 radical (unpaired) electrons. The molecule has 0 bridgehead atoms. The van der Waals surface area contributed by atoms with Crippen LogP contribution >= 0.6 is 0 Å². The molecule has 1 aliphatic heterocycles. The van der Waals surface area contributed by atoms with E-state index >= 15 is 0 Å². The molecule has 0 aliphatic carbocycles. The molecule has 1 saturated heterocycles. The summed E-state index contributed by atoms with van der Waals surface area (Å²) in [6, 6.07) is 7.05. The van der Waals surface area contributed by atoms with Crippen molar-refractivity contribution < 1.29 is 13.2 Å². The maximum atomic E-state index is 12.8. The van der Waals surface area contributed by atoms with Crippen LogP contribution in [0.3, 0.4) is 0 Å². The standard InChI is InChI=1S/C16H22O3S/c1-3-4-7-16(15-6-5-12-19-15)20(17,18)14-10-8-13(2)9-11-14/h8-11H,3-7,12H2,1-2H3/b16-15+. The minimum Gasteiger partial charge on any atom is -0.497 e. The number of ether oxygens (including phenoxy) is 1. The van der Waals surface area contributed by atoms with Crippen LogP contribution in [0.15, 0.2) is 39.8 Å². The summed E-state index contributed by atoms with van der Waals surface area (Å²) < 4.78 is 31.1. The maximum Gasteiger partial charge on any atom is 0.206 e. The lowest BCUT2D eigenvalue weighted by Crippen LogP contribution is -2.08. The molecule has 1 aromatic rings. The average Bonchev–Trinajstić information content (AvgIpc) is 2.93. The summed E-state index contributed by atoms with van der Waals surface area (Å²) in [6.45, 7) is 4.65. The molecule has 0 atom stereocenters. The van der Waals surface area contributed by atoms with Crippen molar-refractivity contribution in [2.75, 3.05) is 6.61 Å². The zero-order valence-electron chi connectivity index (χ0n) is 12.2. The second kappa shape index (κ2) is 6.44. The number of hydrogen-bond donors (Lipinski definition) is 0. The number of rotatable bonds is 5. The lowest BCUT2D eigenvalue weighted by atomic mass is 10.2. The van der Waals surface area contributed by atoms with E-state index in [0.29, 0.717) is 28.6 Å². The fourth-order valence-electron chi connectivity index (χ4n) is 2.34. The van der Waals surface area contributed by atoms with Crippen molar-refractivity contribution in [2.24, 2.45) is 0 Å². The van der Waals surface area contributed by atoms with Gasteiger partial charge < -0.3 is 4.74 Å². The SMILES string of the molecule is CCCC/C(=C1/CCCO1)S(=O)(=O)c1ccc(C)cc1. The van der Waals surface area contributed by atoms with Crippen molar-refractivity contribution >= 4 is 9.84 Å². The van der Waals surface area contributed by atoms with Gasteiger partial charge in [-0.2, -0.15) is 0 Å². The summed E-state index contributed by atoms with van der Waals surface area (Å²) >= 11 is 0. The molecular formula is C16H22O3S. The zero-order valence-corrected chi connectivity index (χ0v) is 13.0. The monoisotopic (exact) mass is 294 g/mol. The summed E-state index contributed by atoms with van der Waals surface area (Å²) in [6.07, 6.45) is 4.06. The van der Waals surface area contributed by atoms with Crippen LogP contribution in [0.4, 0.5) is 0 Å². The van der Waals surface area contributed by atoms with Gasteiger partial charge in [0.25, 0.3) is 0 Å². The first-order valence-electron chi connectivity index (χ1n) is 7.22. The summed E-state index contributed by atoms with van der Waals surface area (Å²) in [7, 11) is -3.42. The molecule has 1 fully saturated rings. The van der Waals surface area contributed by atoms with E-state index in [9.17, 15) is 8.42 Å². The van der Waals surface area contributed by atoms with Gasteiger partial charge in [0.2, 0.25) is 9.84 Å². The minimum absolute atomic E-state index is 0.372. The molecule has 1 aromatic carbocycles. The molecule has 4 heteroatoms. The summed E-state index contributed by atoms with van der Waals surface area (Å²) in [5.41, 5.74) is 1.06. The third kappa shape index (κ3) is 3.23. The molecule has 0 aromatic heterocycles. The van der Waals surface area contributed by atoms with E-state index in [1.165, 1.54) is 0 Å². The number of benzene rings is 1. The van der Waals surface area contributed by atoms with Crippen LogP contribution in [-0.2, 0) is 14.6 Å². The summed E-state index contributed by atoms with van der Waals surface area (Å²) in [5, 5.41) is 0. The molecule has 0 spiro atoms. The number of hydrogen-bond acceptors (Lipinski definition) is 3. The van der Waals surface area contributed by atoms with Crippen LogP contribution < -0.4 is 0 Å². The van der Waals surface area contributed by atoms with Crippen LogP contribution in [0, 0.1) is 6.92 Å². The van der Waals surface area contributed by atoms with E-state index in [0.717, 1.165) is 31.2 Å². The molecule has 1 heterocycles. The van der Waals surface area contributed by atoms with E-state index in [1.54, 1.807) is 12.1 Å². The Hall–Kier alpha value is -1.29. The molecule has 0 unspecified atom stereocenters. The molecular weight excluding hydrogens is 272 g/mol. The van der Waals surface area contributed by atoms with Gasteiger partial charge in [0.15, 0.2) is 0 Å². The van der Waals surface area contributed by atoms with E-state index in [4.69, 9.17) is 4.74 Å². The predicted octanol–water partition coefficient (Wildman–Crippen LogP) is 3.98. The van der Waals surface area contributed by atoms with Gasteiger partial charge >= 0.3 is 0 Å². The van der Waals surface area contributed by atoms with Gasteiger partial charge in [0.1, 0.15) is 5.76 Å². The van der Waals surface area contributed by atoms with Crippen molar-refractivity contribution in [3.05, 3.63) is 40.5 Å². The summed E-state index contributed by atoms with van der Waals surface area (Å²) in [4.78, 5) is 0.859. The lowest BCUT2D eigenvalue weighted by molar-refractivity contribution is 0.260. The molecule has 0 saturated carbocycles. The van der Waals surface area contributed by atoms with Crippen LogP contribution in [-0.4, -0.2) is 15.0 Å². The fourth-order valence-corrected chi connectivity index (χ4v) is 3.99. The van der Waals surface area contributed by atoms with Crippen molar-refractivity contribution in [1.82, 2.24) is 0 Å². The van der Waals surface area contributed by atoms with Crippen molar-refractivity contribution in [2.45, 2.75) is 50.8 Å². The second-order valence-electron chi connectivity index (χ2n) is 5.22. The van der Waals surface area contributed by atoms with Crippen molar-refractivity contribution in [3.8, 4) is 0 Å². The molecule has 1 aliphatic rings. The predicted molar refractivity (Wildman–Crippen MR) is 80.1 cm³/mol. The highest BCUT2D eigenvalue weighted by atomic mass is 32.2. The maximum absolute atomic E-state index is 12.8. The Morgan fingerprint density at radius 1 is 1.25 bits per heavy atom. The van der Waals surface area contributed by atoms with E-state index in [1.807, 2.05) is 19.1 Å². The Kier molecular flexibility index (Phi) is 4.86. The first-order chi connectivity index (χ1) is 9.55. The minimum atomic E-state index is -3.42. The normalized spacial score (nSPS) is 17.9. The largest absolute Gasteiger partial charge is 0.497 e. The van der Waals surface area contributed by atoms with Crippen LogP contribution in [0.2, 0.25) is 0 Å². The van der Waals surface area contributed by atoms with Gasteiger partial charge in [-0.15, -0.1) is 0 Å². The Morgan fingerprint density at radius 2 is 1.95 bits per heavy atom. The van der Waals surface area contributed by atoms with E-state index in [-0.39, 0.29) is 0 Å². The Balaban J connectivity index is 2.41. The molecule has 2 rings (SSSR count). The van der Waals surface area contributed by atoms with Gasteiger partial charge in [0, 0.05) is 6.42 Å². The number of allylic oxidation sites excluding steroid dienone is 2. The van der Waals surface area contributed by atoms with Crippen molar-refractivity contribution in [3.63, 3.8) is 0 Å². The molecule has 0 amide bonds. The first-order valence-corrected chi connectivity index (χ1v) is 8.70. The average molecular weight is 294 g/mol. The van der Waals surface area contributed by atoms with Crippen LogP contribution in [0.25, 0.3) is 0 Å². The summed E-state index contributed by atoms with van der Waals surface area (Å²) in [5.74, 6) is 0.680. The topological polar surface area (TPSA) is 43.4 Å². The first kappa shape index (κ1) is 15.1. The third-order valence-corrected chi connectivity index (χ3v) is 5.52. The zero-order chi connectivity index (χ0) is 14.6. The van der Waals surface area contributed by atoms with Gasteiger partial charge in [-0.25, -0.2) is 8.42 Å². The van der Waals surface area contributed by atoms with Crippen LogP contribution in [0.1, 0.15) is 44.6 Å². The van der Waals surface area contributed by atoms with Crippen molar-refractivity contribution in [1.29, 1.82) is 0 Å². The molecule has 20 heavy (non-hydrogen) atoms. The third-order valence-electron chi connectivity index (χ3n) is 3.55. The van der Waals surface area contributed by atoms with Gasteiger partial charge in [-0.1, -0.05) is 31.0 Å². The van der Waals surface area contributed by atoms with Gasteiger partial charge in [-0.3, -0.25) is 0 Å². The molecule has 3 nitrogen and oxygen atoms in total. The van der Waals surface area contributed by atoms with Crippen LogP contribution in [0.5, 0.6) is 0 Å². The van der Waals surface area contributed by atoms with E-state index in [2.05, 4.69) is 6.92 Å². The highest BCUT2D eigenvalue weighted by Crippen LogP contribution is 2.31. The smallest absolute Gasteiger partial charge is 0.206 e. The highest BCUT2D eigenvalue weighted by Gasteiger charge is 2.26. The second-order valence-corrected chi connectivity index (χ2v) is 7.19. The van der Waals surface area contributed by atoms with E-state index < -0.39 is 9.84 Å². The van der Waals surface area contributed by atoms with Gasteiger partial charge in [-0.05, 0) is 38.3 Å². The number of sulfone groups is 1. The Labute approximate surface area is 121 Å². The highest BCUT2D eigenvalue weighted by molar-refractivity contribution is 7.95. The quantitative estimate of drug-likeness (QED) is 0.825. The molecule has 0 N–H and O–H groups in total. The molecule has 110 valence electrons. The lowest BCUT2D eigenvalue weighted by Gasteiger charge is -2.12.